The van der Waals surface area contributed by atoms with Crippen molar-refractivity contribution in [2.75, 3.05) is 5.32 Å². The number of allylic oxidation sites excluding steroid dienone is 1. The number of fused-ring (bicyclic) bond motifs is 2. The number of nitrogens with zero attached hydrogens (tertiary/aromatic N) is 1. The molecule has 1 heterocycles. The van der Waals surface area contributed by atoms with Crippen LogP contribution in [0.15, 0.2) is 83.6 Å². The van der Waals surface area contributed by atoms with Gasteiger partial charge < -0.3 is 5.32 Å². The van der Waals surface area contributed by atoms with E-state index in [9.17, 15) is 0 Å². The topological polar surface area (TPSA) is 24.4 Å². The van der Waals surface area contributed by atoms with E-state index in [-0.39, 0.29) is 0 Å². The van der Waals surface area contributed by atoms with Crippen LogP contribution in [0.3, 0.4) is 0 Å². The molecule has 3 aromatic rings. The standard InChI is InChI=1S/C20H16N2/c1-2-6-15(7-3-1)10-19-14-22-20-12-17-9-5-4-8-16(17)11-18(20)13-21-19/h1-9,11-14,22H,10H2. The second-order valence-corrected chi connectivity index (χ2v) is 5.49. The number of hydrogen-bond donors (Lipinski definition) is 1. The van der Waals surface area contributed by atoms with Crippen LogP contribution in [-0.4, -0.2) is 6.21 Å². The minimum Gasteiger partial charge on any atom is -0.359 e. The molecule has 0 unspecified atom stereocenters. The van der Waals surface area contributed by atoms with Crippen molar-refractivity contribution in [2.24, 2.45) is 4.99 Å². The van der Waals surface area contributed by atoms with Crippen LogP contribution in [0.1, 0.15) is 11.1 Å². The first-order valence-corrected chi connectivity index (χ1v) is 7.45. The highest BCUT2D eigenvalue weighted by atomic mass is 14.9. The third-order valence-electron chi connectivity index (χ3n) is 3.91. The number of anilines is 1. The molecule has 2 heteroatoms. The van der Waals surface area contributed by atoms with Gasteiger partial charge in [0, 0.05) is 30.1 Å². The van der Waals surface area contributed by atoms with E-state index in [0.29, 0.717) is 0 Å². The fourth-order valence-electron chi connectivity index (χ4n) is 2.74. The predicted molar refractivity (Wildman–Crippen MR) is 93.4 cm³/mol. The molecule has 0 saturated heterocycles. The first kappa shape index (κ1) is 12.8. The van der Waals surface area contributed by atoms with Crippen LogP contribution in [0.25, 0.3) is 10.8 Å². The Kier molecular flexibility index (Phi) is 3.20. The molecule has 1 aliphatic rings. The van der Waals surface area contributed by atoms with Gasteiger partial charge in [0.1, 0.15) is 0 Å². The van der Waals surface area contributed by atoms with Crippen molar-refractivity contribution >= 4 is 22.7 Å². The highest BCUT2D eigenvalue weighted by Crippen LogP contribution is 2.25. The first-order chi connectivity index (χ1) is 10.9. The summed E-state index contributed by atoms with van der Waals surface area (Å²) >= 11 is 0. The molecule has 0 aliphatic carbocycles. The largest absolute Gasteiger partial charge is 0.359 e. The van der Waals surface area contributed by atoms with Gasteiger partial charge in [-0.1, -0.05) is 54.6 Å². The summed E-state index contributed by atoms with van der Waals surface area (Å²) in [5, 5.41) is 5.88. The van der Waals surface area contributed by atoms with Crippen LogP contribution in [0.5, 0.6) is 0 Å². The molecule has 0 amide bonds. The van der Waals surface area contributed by atoms with Crippen LogP contribution in [-0.2, 0) is 6.42 Å². The Balaban J connectivity index is 1.67. The van der Waals surface area contributed by atoms with E-state index in [1.807, 2.05) is 18.5 Å². The fourth-order valence-corrected chi connectivity index (χ4v) is 2.74. The van der Waals surface area contributed by atoms with Gasteiger partial charge in [0.25, 0.3) is 0 Å². The summed E-state index contributed by atoms with van der Waals surface area (Å²) in [6.07, 6.45) is 4.79. The van der Waals surface area contributed by atoms with Gasteiger partial charge in [-0.2, -0.15) is 0 Å². The van der Waals surface area contributed by atoms with Crippen molar-refractivity contribution in [1.82, 2.24) is 0 Å². The summed E-state index contributed by atoms with van der Waals surface area (Å²) in [4.78, 5) is 4.64. The molecule has 0 aromatic heterocycles. The van der Waals surface area contributed by atoms with Crippen LogP contribution in [0.4, 0.5) is 5.69 Å². The number of rotatable bonds is 2. The second kappa shape index (κ2) is 5.49. The van der Waals surface area contributed by atoms with E-state index in [0.717, 1.165) is 23.4 Å². The Hall–Kier alpha value is -2.87. The molecule has 3 aromatic carbocycles. The highest BCUT2D eigenvalue weighted by Gasteiger charge is 2.07. The molecule has 106 valence electrons. The molecule has 0 radical (unpaired) electrons. The molecular weight excluding hydrogens is 268 g/mol. The summed E-state index contributed by atoms with van der Waals surface area (Å²) in [5.74, 6) is 0. The first-order valence-electron chi connectivity index (χ1n) is 7.45. The average molecular weight is 284 g/mol. The molecule has 0 saturated carbocycles. The summed E-state index contributed by atoms with van der Waals surface area (Å²) in [7, 11) is 0. The maximum Gasteiger partial charge on any atom is 0.0607 e. The lowest BCUT2D eigenvalue weighted by atomic mass is 10.1. The molecule has 1 aliphatic heterocycles. The minimum atomic E-state index is 0.831. The number of nitrogens with one attached hydrogen (secondary N) is 1. The lowest BCUT2D eigenvalue weighted by Crippen LogP contribution is -1.93. The molecule has 2 nitrogen and oxygen atoms in total. The normalized spacial score (nSPS) is 13.2. The number of hydrogen-bond acceptors (Lipinski definition) is 2. The van der Waals surface area contributed by atoms with E-state index >= 15 is 0 Å². The Morgan fingerprint density at radius 3 is 2.36 bits per heavy atom. The van der Waals surface area contributed by atoms with Crippen LogP contribution in [0.2, 0.25) is 0 Å². The van der Waals surface area contributed by atoms with Gasteiger partial charge in [-0.25, -0.2) is 0 Å². The van der Waals surface area contributed by atoms with Gasteiger partial charge in [0.15, 0.2) is 0 Å². The third kappa shape index (κ3) is 2.51. The van der Waals surface area contributed by atoms with Gasteiger partial charge in [-0.15, -0.1) is 0 Å². The summed E-state index contributed by atoms with van der Waals surface area (Å²) in [6, 6.07) is 23.2. The zero-order chi connectivity index (χ0) is 14.8. The Labute approximate surface area is 129 Å². The van der Waals surface area contributed by atoms with E-state index in [2.05, 4.69) is 71.0 Å². The molecule has 0 spiro atoms. The lowest BCUT2D eigenvalue weighted by molar-refractivity contribution is 1.11. The number of benzene rings is 3. The van der Waals surface area contributed by atoms with E-state index in [1.165, 1.54) is 16.3 Å². The molecule has 22 heavy (non-hydrogen) atoms. The van der Waals surface area contributed by atoms with Gasteiger partial charge >= 0.3 is 0 Å². The summed E-state index contributed by atoms with van der Waals surface area (Å²) in [5.41, 5.74) is 4.53. The van der Waals surface area contributed by atoms with E-state index in [1.54, 1.807) is 0 Å². The monoisotopic (exact) mass is 284 g/mol. The van der Waals surface area contributed by atoms with Gasteiger partial charge in [-0.3, -0.25) is 4.99 Å². The van der Waals surface area contributed by atoms with Crippen LogP contribution in [0, 0.1) is 0 Å². The Morgan fingerprint density at radius 1 is 0.818 bits per heavy atom. The van der Waals surface area contributed by atoms with Crippen molar-refractivity contribution in [2.45, 2.75) is 6.42 Å². The van der Waals surface area contributed by atoms with Crippen LogP contribution >= 0.6 is 0 Å². The average Bonchev–Trinajstić information content (AvgIpc) is 2.76. The lowest BCUT2D eigenvalue weighted by Gasteiger charge is -2.06. The van der Waals surface area contributed by atoms with E-state index in [4.69, 9.17) is 0 Å². The van der Waals surface area contributed by atoms with Crippen molar-refractivity contribution < 1.29 is 0 Å². The smallest absolute Gasteiger partial charge is 0.0607 e. The predicted octanol–water partition coefficient (Wildman–Crippen LogP) is 4.77. The summed E-state index contributed by atoms with van der Waals surface area (Å²) in [6.45, 7) is 0. The van der Waals surface area contributed by atoms with Gasteiger partial charge in [0.05, 0.1) is 5.70 Å². The van der Waals surface area contributed by atoms with Gasteiger partial charge in [-0.05, 0) is 28.5 Å². The van der Waals surface area contributed by atoms with E-state index < -0.39 is 0 Å². The second-order valence-electron chi connectivity index (χ2n) is 5.49. The Bertz CT molecular complexity index is 877. The Morgan fingerprint density at radius 2 is 1.55 bits per heavy atom. The summed E-state index contributed by atoms with van der Waals surface area (Å²) < 4.78 is 0. The number of aliphatic imine (C=N–C) groups is 1. The highest BCUT2D eigenvalue weighted by molar-refractivity contribution is 5.98. The van der Waals surface area contributed by atoms with Crippen LogP contribution < -0.4 is 5.32 Å². The fraction of sp³-hybridized carbons (Fsp3) is 0.0500. The van der Waals surface area contributed by atoms with Crippen molar-refractivity contribution in [3.05, 3.63) is 89.8 Å². The van der Waals surface area contributed by atoms with Crippen molar-refractivity contribution in [3.8, 4) is 0 Å². The zero-order valence-electron chi connectivity index (χ0n) is 12.2. The molecule has 0 atom stereocenters. The molecular formula is C20H16N2. The molecule has 0 fully saturated rings. The maximum absolute atomic E-state index is 4.64. The third-order valence-corrected chi connectivity index (χ3v) is 3.91. The molecule has 0 bridgehead atoms. The zero-order valence-corrected chi connectivity index (χ0v) is 12.2. The maximum atomic E-state index is 4.64. The van der Waals surface area contributed by atoms with Crippen molar-refractivity contribution in [1.29, 1.82) is 0 Å². The SMILES string of the molecule is C1=NC(Cc2ccccc2)=CNc2cc3ccccc3cc21. The van der Waals surface area contributed by atoms with Gasteiger partial charge in [0.2, 0.25) is 0 Å². The molecule has 4 rings (SSSR count). The molecule has 1 N–H and O–H groups in total. The van der Waals surface area contributed by atoms with Crippen molar-refractivity contribution in [3.63, 3.8) is 0 Å². The quantitative estimate of drug-likeness (QED) is 0.720. The minimum absolute atomic E-state index is 0.831.